The topological polar surface area (TPSA) is 82.3 Å². The van der Waals surface area contributed by atoms with Crippen molar-refractivity contribution in [3.63, 3.8) is 0 Å². The van der Waals surface area contributed by atoms with Gasteiger partial charge in [0, 0.05) is 5.69 Å². The Morgan fingerprint density at radius 1 is 1.23 bits per heavy atom. The van der Waals surface area contributed by atoms with E-state index in [-0.39, 0.29) is 5.69 Å². The molecule has 0 aliphatic heterocycles. The minimum atomic E-state index is -4.75. The van der Waals surface area contributed by atoms with E-state index in [2.05, 4.69) is 5.32 Å². The van der Waals surface area contributed by atoms with Gasteiger partial charge >= 0.3 is 6.18 Å². The molecule has 0 heterocycles. The van der Waals surface area contributed by atoms with Crippen LogP contribution < -0.4 is 10.1 Å². The first-order valence-electron chi connectivity index (χ1n) is 7.46. The Kier molecular flexibility index (Phi) is 5.53. The Balaban J connectivity index is 2.12. The van der Waals surface area contributed by atoms with Crippen molar-refractivity contribution >= 4 is 11.6 Å². The van der Waals surface area contributed by atoms with Crippen molar-refractivity contribution in [2.75, 3.05) is 11.9 Å². The normalized spacial score (nSPS) is 13.4. The number of amides is 1. The van der Waals surface area contributed by atoms with Crippen LogP contribution in [0.1, 0.15) is 18.1 Å². The number of alkyl halides is 3. The zero-order chi connectivity index (χ0) is 19.4. The molecule has 0 aliphatic rings. The lowest BCUT2D eigenvalue weighted by atomic mass is 10.1. The third kappa shape index (κ3) is 4.74. The molecule has 0 spiro atoms. The highest BCUT2D eigenvalue weighted by atomic mass is 19.4. The monoisotopic (exact) mass is 364 g/mol. The van der Waals surface area contributed by atoms with Crippen molar-refractivity contribution in [1.82, 2.24) is 0 Å². The van der Waals surface area contributed by atoms with Gasteiger partial charge in [-0.05, 0) is 37.3 Å². The summed E-state index contributed by atoms with van der Waals surface area (Å²) in [5.41, 5.74) is -3.91. The van der Waals surface area contributed by atoms with Gasteiger partial charge < -0.3 is 15.2 Å². The quantitative estimate of drug-likeness (QED) is 0.852. The molecule has 0 aliphatic carbocycles. The fourth-order valence-corrected chi connectivity index (χ4v) is 2.03. The van der Waals surface area contributed by atoms with Crippen LogP contribution >= 0.6 is 0 Å². The standard InChI is InChI=1S/C18H15F3N2O3/c1-17(25,11-26-14-5-3-2-4-6-14)16(24)23-13-8-7-12(10-22)15(9-13)18(19,20)21/h2-9,25H,11H2,1H3,(H,23,24)/t17-/m0/s1. The molecule has 0 fully saturated rings. The molecule has 2 N–H and O–H groups in total. The average Bonchev–Trinajstić information content (AvgIpc) is 2.60. The van der Waals surface area contributed by atoms with Crippen molar-refractivity contribution in [2.24, 2.45) is 0 Å². The Labute approximate surface area is 147 Å². The maximum atomic E-state index is 13.0. The van der Waals surface area contributed by atoms with Gasteiger partial charge in [0.1, 0.15) is 12.4 Å². The molecule has 26 heavy (non-hydrogen) atoms. The predicted molar refractivity (Wildman–Crippen MR) is 87.3 cm³/mol. The maximum absolute atomic E-state index is 13.0. The lowest BCUT2D eigenvalue weighted by molar-refractivity contribution is -0.138. The molecule has 1 amide bonds. The summed E-state index contributed by atoms with van der Waals surface area (Å²) in [4.78, 5) is 12.2. The number of nitriles is 1. The van der Waals surface area contributed by atoms with Gasteiger partial charge in [0.2, 0.25) is 0 Å². The number of rotatable bonds is 5. The number of anilines is 1. The van der Waals surface area contributed by atoms with Crippen molar-refractivity contribution < 1.29 is 27.8 Å². The summed E-state index contributed by atoms with van der Waals surface area (Å²) in [7, 11) is 0. The van der Waals surface area contributed by atoms with Crippen LogP contribution in [0.3, 0.4) is 0 Å². The molecule has 0 unspecified atom stereocenters. The summed E-state index contributed by atoms with van der Waals surface area (Å²) < 4.78 is 44.2. The van der Waals surface area contributed by atoms with Crippen LogP contribution in [0.5, 0.6) is 5.75 Å². The molecule has 2 rings (SSSR count). The van der Waals surface area contributed by atoms with Gasteiger partial charge in [-0.2, -0.15) is 18.4 Å². The first-order valence-corrected chi connectivity index (χ1v) is 7.46. The maximum Gasteiger partial charge on any atom is 0.417 e. The van der Waals surface area contributed by atoms with E-state index in [9.17, 15) is 23.1 Å². The lowest BCUT2D eigenvalue weighted by Crippen LogP contribution is -2.45. The molecule has 0 aromatic heterocycles. The minimum absolute atomic E-state index is 0.193. The highest BCUT2D eigenvalue weighted by Crippen LogP contribution is 2.33. The van der Waals surface area contributed by atoms with E-state index in [1.807, 2.05) is 0 Å². The van der Waals surface area contributed by atoms with E-state index >= 15 is 0 Å². The van der Waals surface area contributed by atoms with Crippen molar-refractivity contribution in [2.45, 2.75) is 18.7 Å². The summed E-state index contributed by atoms with van der Waals surface area (Å²) in [6.07, 6.45) is -4.75. The molecule has 0 bridgehead atoms. The SMILES string of the molecule is C[C@](O)(COc1ccccc1)C(=O)Nc1ccc(C#N)c(C(F)(F)F)c1. The Morgan fingerprint density at radius 2 is 1.88 bits per heavy atom. The third-order valence-electron chi connectivity index (χ3n) is 3.46. The number of nitrogens with one attached hydrogen (secondary N) is 1. The van der Waals surface area contributed by atoms with Crippen LogP contribution in [0.25, 0.3) is 0 Å². The summed E-state index contributed by atoms with van der Waals surface area (Å²) in [5, 5.41) is 21.2. The molecule has 2 aromatic carbocycles. The Bertz CT molecular complexity index is 828. The summed E-state index contributed by atoms with van der Waals surface area (Å²) in [6, 6.07) is 12.6. The van der Waals surface area contributed by atoms with Gasteiger partial charge in [-0.25, -0.2) is 0 Å². The number of halogens is 3. The van der Waals surface area contributed by atoms with E-state index < -0.39 is 35.4 Å². The average molecular weight is 364 g/mol. The number of para-hydroxylation sites is 1. The third-order valence-corrected chi connectivity index (χ3v) is 3.46. The van der Waals surface area contributed by atoms with E-state index in [0.717, 1.165) is 12.1 Å². The number of hydrogen-bond donors (Lipinski definition) is 2. The van der Waals surface area contributed by atoms with Crippen molar-refractivity contribution in [3.8, 4) is 11.8 Å². The van der Waals surface area contributed by atoms with E-state index in [1.54, 1.807) is 30.3 Å². The second-order valence-corrected chi connectivity index (χ2v) is 5.70. The lowest BCUT2D eigenvalue weighted by Gasteiger charge is -2.23. The number of nitrogens with zero attached hydrogens (tertiary/aromatic N) is 1. The van der Waals surface area contributed by atoms with Crippen LogP contribution in [0.15, 0.2) is 48.5 Å². The zero-order valence-corrected chi connectivity index (χ0v) is 13.7. The molecular formula is C18H15F3N2O3. The minimum Gasteiger partial charge on any atom is -0.490 e. The van der Waals surface area contributed by atoms with Gasteiger partial charge in [-0.1, -0.05) is 18.2 Å². The first-order chi connectivity index (χ1) is 12.1. The number of ether oxygens (including phenoxy) is 1. The van der Waals surface area contributed by atoms with Gasteiger partial charge in [-0.15, -0.1) is 0 Å². The van der Waals surface area contributed by atoms with Gasteiger partial charge in [0.15, 0.2) is 5.60 Å². The Morgan fingerprint density at radius 3 is 2.46 bits per heavy atom. The molecule has 0 radical (unpaired) electrons. The van der Waals surface area contributed by atoms with E-state index in [0.29, 0.717) is 11.8 Å². The van der Waals surface area contributed by atoms with Crippen molar-refractivity contribution in [3.05, 3.63) is 59.7 Å². The summed E-state index contributed by atoms with van der Waals surface area (Å²) >= 11 is 0. The van der Waals surface area contributed by atoms with Crippen LogP contribution in [0, 0.1) is 11.3 Å². The second-order valence-electron chi connectivity index (χ2n) is 5.70. The second kappa shape index (κ2) is 7.45. The van der Waals surface area contributed by atoms with Crippen molar-refractivity contribution in [1.29, 1.82) is 5.26 Å². The first kappa shape index (κ1) is 19.3. The summed E-state index contributed by atoms with van der Waals surface area (Å²) in [5.74, 6) is -0.510. The van der Waals surface area contributed by atoms with E-state index in [4.69, 9.17) is 10.00 Å². The van der Waals surface area contributed by atoms with Crippen LogP contribution in [0.2, 0.25) is 0 Å². The van der Waals surface area contributed by atoms with Crippen LogP contribution in [0.4, 0.5) is 18.9 Å². The molecule has 1 atom stereocenters. The number of hydrogen-bond acceptors (Lipinski definition) is 4. The Hall–Kier alpha value is -3.05. The molecular weight excluding hydrogens is 349 g/mol. The molecule has 0 saturated carbocycles. The molecule has 5 nitrogen and oxygen atoms in total. The number of benzene rings is 2. The largest absolute Gasteiger partial charge is 0.490 e. The number of carbonyl (C=O) groups is 1. The molecule has 0 saturated heterocycles. The number of aliphatic hydroxyl groups is 1. The fourth-order valence-electron chi connectivity index (χ4n) is 2.03. The smallest absolute Gasteiger partial charge is 0.417 e. The van der Waals surface area contributed by atoms with Crippen LogP contribution in [-0.2, 0) is 11.0 Å². The molecule has 136 valence electrons. The molecule has 8 heteroatoms. The highest BCUT2D eigenvalue weighted by Gasteiger charge is 2.35. The zero-order valence-electron chi connectivity index (χ0n) is 13.7. The summed E-state index contributed by atoms with van der Waals surface area (Å²) in [6.45, 7) is 0.783. The van der Waals surface area contributed by atoms with Gasteiger partial charge in [0.05, 0.1) is 17.2 Å². The predicted octanol–water partition coefficient (Wildman–Crippen LogP) is 3.35. The fraction of sp³-hybridized carbons (Fsp3) is 0.222. The van der Waals surface area contributed by atoms with Gasteiger partial charge in [0.25, 0.3) is 5.91 Å². The highest BCUT2D eigenvalue weighted by molar-refractivity contribution is 5.97. The van der Waals surface area contributed by atoms with Crippen LogP contribution in [-0.4, -0.2) is 23.2 Å². The van der Waals surface area contributed by atoms with Gasteiger partial charge in [-0.3, -0.25) is 4.79 Å². The van der Waals surface area contributed by atoms with E-state index in [1.165, 1.54) is 13.0 Å². The molecule has 2 aromatic rings. The number of carbonyl (C=O) groups excluding carboxylic acids is 1.